The molecule has 0 amide bonds. The van der Waals surface area contributed by atoms with Crippen LogP contribution in [0.15, 0.2) is 12.3 Å². The van der Waals surface area contributed by atoms with Crippen LogP contribution < -0.4 is 5.32 Å². The number of pyridine rings is 1. The smallest absolute Gasteiger partial charge is 0.129 e. The van der Waals surface area contributed by atoms with Gasteiger partial charge in [0.2, 0.25) is 0 Å². The van der Waals surface area contributed by atoms with Crippen molar-refractivity contribution in [3.05, 3.63) is 23.4 Å². The Kier molecular flexibility index (Phi) is 5.94. The molecule has 0 unspecified atom stereocenters. The molecule has 0 saturated carbocycles. The maximum atomic E-state index is 4.22. The van der Waals surface area contributed by atoms with Crippen molar-refractivity contribution in [2.75, 3.05) is 12.4 Å². The van der Waals surface area contributed by atoms with Crippen LogP contribution >= 0.6 is 0 Å². The zero-order chi connectivity index (χ0) is 10.3. The zero-order valence-electron chi connectivity index (χ0n) is 9.31. The summed E-state index contributed by atoms with van der Waals surface area (Å²) in [7, 11) is 1.90. The van der Waals surface area contributed by atoms with E-state index in [9.17, 15) is 0 Å². The van der Waals surface area contributed by atoms with Crippen LogP contribution in [0, 0.1) is 6.92 Å². The summed E-state index contributed by atoms with van der Waals surface area (Å²) in [6.07, 6.45) is 2.87. The highest BCUT2D eigenvalue weighted by Gasteiger charge is 2.01. The monoisotopic (exact) mass is 180 g/mol. The molecule has 0 bridgehead atoms. The molecule has 1 heterocycles. The van der Waals surface area contributed by atoms with Crippen molar-refractivity contribution in [3.63, 3.8) is 0 Å². The van der Waals surface area contributed by atoms with E-state index in [4.69, 9.17) is 0 Å². The maximum Gasteiger partial charge on any atom is 0.129 e. The summed E-state index contributed by atoms with van der Waals surface area (Å²) >= 11 is 0. The predicted molar refractivity (Wildman–Crippen MR) is 59.2 cm³/mol. The van der Waals surface area contributed by atoms with Crippen LogP contribution in [-0.2, 0) is 6.42 Å². The fourth-order valence-electron chi connectivity index (χ4n) is 1.25. The van der Waals surface area contributed by atoms with E-state index < -0.39 is 0 Å². The summed E-state index contributed by atoms with van der Waals surface area (Å²) < 4.78 is 0. The first-order chi connectivity index (χ1) is 6.29. The Morgan fingerprint density at radius 2 is 2.00 bits per heavy atom. The van der Waals surface area contributed by atoms with Crippen molar-refractivity contribution in [1.29, 1.82) is 0 Å². The van der Waals surface area contributed by atoms with Crippen molar-refractivity contribution in [3.8, 4) is 0 Å². The van der Waals surface area contributed by atoms with Gasteiger partial charge in [-0.1, -0.05) is 20.8 Å². The normalized spacial score (nSPS) is 8.69. The number of hydrogen-bond acceptors (Lipinski definition) is 2. The molecule has 0 aromatic carbocycles. The van der Waals surface area contributed by atoms with Gasteiger partial charge in [0, 0.05) is 13.2 Å². The Labute approximate surface area is 81.4 Å². The highest BCUT2D eigenvalue weighted by Crippen LogP contribution is 2.15. The second-order valence-corrected chi connectivity index (χ2v) is 2.56. The summed E-state index contributed by atoms with van der Waals surface area (Å²) in [6.45, 7) is 8.26. The molecule has 0 spiro atoms. The molecule has 74 valence electrons. The molecule has 13 heavy (non-hydrogen) atoms. The Bertz CT molecular complexity index is 244. The molecule has 0 saturated heterocycles. The van der Waals surface area contributed by atoms with Gasteiger partial charge >= 0.3 is 0 Å². The van der Waals surface area contributed by atoms with E-state index in [1.807, 2.05) is 33.2 Å². The van der Waals surface area contributed by atoms with Crippen LogP contribution in [-0.4, -0.2) is 12.0 Å². The highest BCUT2D eigenvalue weighted by atomic mass is 15.0. The number of aromatic nitrogens is 1. The molecule has 1 rings (SSSR count). The standard InChI is InChI=1S/C9H14N2.C2H6/c1-4-8-7(2)5-6-11-9(8)10-3;1-2/h5-6H,4H2,1-3H3,(H,10,11);1-2H3. The second kappa shape index (κ2) is 6.46. The largest absolute Gasteiger partial charge is 0.373 e. The van der Waals surface area contributed by atoms with Gasteiger partial charge in [-0.15, -0.1) is 0 Å². The Hall–Kier alpha value is -1.05. The molecule has 0 radical (unpaired) electrons. The van der Waals surface area contributed by atoms with Crippen LogP contribution in [0.25, 0.3) is 0 Å². The van der Waals surface area contributed by atoms with Crippen molar-refractivity contribution in [2.24, 2.45) is 0 Å². The van der Waals surface area contributed by atoms with E-state index in [-0.39, 0.29) is 0 Å². The van der Waals surface area contributed by atoms with Crippen LogP contribution in [0.3, 0.4) is 0 Å². The topological polar surface area (TPSA) is 24.9 Å². The van der Waals surface area contributed by atoms with Crippen LogP contribution in [0.5, 0.6) is 0 Å². The summed E-state index contributed by atoms with van der Waals surface area (Å²) in [5.74, 6) is 1.01. The van der Waals surface area contributed by atoms with Gasteiger partial charge in [-0.3, -0.25) is 0 Å². The van der Waals surface area contributed by atoms with E-state index in [1.54, 1.807) is 0 Å². The first kappa shape index (κ1) is 11.9. The summed E-state index contributed by atoms with van der Waals surface area (Å²) in [6, 6.07) is 2.04. The fourth-order valence-corrected chi connectivity index (χ4v) is 1.25. The average molecular weight is 180 g/mol. The number of hydrogen-bond donors (Lipinski definition) is 1. The van der Waals surface area contributed by atoms with Crippen LogP contribution in [0.4, 0.5) is 5.82 Å². The Morgan fingerprint density at radius 1 is 1.38 bits per heavy atom. The van der Waals surface area contributed by atoms with Gasteiger partial charge in [-0.05, 0) is 30.5 Å². The third-order valence-electron chi connectivity index (χ3n) is 1.88. The summed E-state index contributed by atoms with van der Waals surface area (Å²) in [5, 5.41) is 3.08. The van der Waals surface area contributed by atoms with E-state index >= 15 is 0 Å². The number of aryl methyl sites for hydroxylation is 1. The minimum Gasteiger partial charge on any atom is -0.373 e. The predicted octanol–water partition coefficient (Wildman–Crippen LogP) is 3.02. The summed E-state index contributed by atoms with van der Waals surface area (Å²) in [4.78, 5) is 4.22. The second-order valence-electron chi connectivity index (χ2n) is 2.56. The Morgan fingerprint density at radius 3 is 2.38 bits per heavy atom. The average Bonchev–Trinajstić information content (AvgIpc) is 2.20. The van der Waals surface area contributed by atoms with E-state index in [0.29, 0.717) is 0 Å². The third-order valence-corrected chi connectivity index (χ3v) is 1.88. The number of nitrogens with zero attached hydrogens (tertiary/aromatic N) is 1. The number of nitrogens with one attached hydrogen (secondary N) is 1. The van der Waals surface area contributed by atoms with Crippen molar-refractivity contribution in [1.82, 2.24) is 4.98 Å². The lowest BCUT2D eigenvalue weighted by molar-refractivity contribution is 1.07. The van der Waals surface area contributed by atoms with Crippen molar-refractivity contribution >= 4 is 5.82 Å². The molecule has 1 aromatic rings. The van der Waals surface area contributed by atoms with Crippen LogP contribution in [0.2, 0.25) is 0 Å². The molecule has 2 heteroatoms. The van der Waals surface area contributed by atoms with Gasteiger partial charge in [0.15, 0.2) is 0 Å². The number of anilines is 1. The SMILES string of the molecule is CC.CCc1c(C)ccnc1NC. The zero-order valence-corrected chi connectivity index (χ0v) is 9.31. The fraction of sp³-hybridized carbons (Fsp3) is 0.545. The molecule has 0 aliphatic rings. The van der Waals surface area contributed by atoms with Crippen LogP contribution in [0.1, 0.15) is 31.9 Å². The van der Waals surface area contributed by atoms with Gasteiger partial charge in [0.1, 0.15) is 5.82 Å². The lowest BCUT2D eigenvalue weighted by Crippen LogP contribution is -1.99. The summed E-state index contributed by atoms with van der Waals surface area (Å²) in [5.41, 5.74) is 2.63. The van der Waals surface area contributed by atoms with E-state index in [2.05, 4.69) is 24.1 Å². The Balaban J connectivity index is 0.000000671. The molecular formula is C11H20N2. The molecule has 0 aliphatic heterocycles. The highest BCUT2D eigenvalue weighted by molar-refractivity contribution is 5.47. The minimum absolute atomic E-state index is 1.01. The molecule has 0 aliphatic carbocycles. The van der Waals surface area contributed by atoms with Gasteiger partial charge in [-0.2, -0.15) is 0 Å². The minimum atomic E-state index is 1.01. The van der Waals surface area contributed by atoms with Crippen molar-refractivity contribution in [2.45, 2.75) is 34.1 Å². The van der Waals surface area contributed by atoms with Crippen molar-refractivity contribution < 1.29 is 0 Å². The maximum absolute atomic E-state index is 4.22. The molecular weight excluding hydrogens is 160 g/mol. The molecule has 0 fully saturated rings. The number of rotatable bonds is 2. The van der Waals surface area contributed by atoms with Gasteiger partial charge in [-0.25, -0.2) is 4.98 Å². The molecule has 0 atom stereocenters. The molecule has 1 N–H and O–H groups in total. The van der Waals surface area contributed by atoms with Gasteiger partial charge in [0.05, 0.1) is 0 Å². The van der Waals surface area contributed by atoms with E-state index in [1.165, 1.54) is 11.1 Å². The molecule has 1 aromatic heterocycles. The lowest BCUT2D eigenvalue weighted by atomic mass is 10.1. The molecule has 2 nitrogen and oxygen atoms in total. The van der Waals surface area contributed by atoms with Gasteiger partial charge < -0.3 is 5.32 Å². The quantitative estimate of drug-likeness (QED) is 0.756. The lowest BCUT2D eigenvalue weighted by Gasteiger charge is -2.07. The third kappa shape index (κ3) is 3.05. The first-order valence-corrected chi connectivity index (χ1v) is 4.91. The first-order valence-electron chi connectivity index (χ1n) is 4.91. The van der Waals surface area contributed by atoms with E-state index in [0.717, 1.165) is 12.2 Å². The van der Waals surface area contributed by atoms with Gasteiger partial charge in [0.25, 0.3) is 0 Å².